The Morgan fingerprint density at radius 1 is 1.16 bits per heavy atom. The molecule has 1 amide bonds. The highest BCUT2D eigenvalue weighted by Gasteiger charge is 2.29. The lowest BCUT2D eigenvalue weighted by molar-refractivity contribution is -0.152. The van der Waals surface area contributed by atoms with E-state index in [1.165, 1.54) is 13.8 Å². The molecule has 0 spiro atoms. The van der Waals surface area contributed by atoms with Crippen LogP contribution in [-0.2, 0) is 16.1 Å². The lowest BCUT2D eigenvalue weighted by Gasteiger charge is -2.21. The molecule has 32 heavy (non-hydrogen) atoms. The second kappa shape index (κ2) is 9.55. The number of carboxylic acid groups (broad SMARTS) is 1. The van der Waals surface area contributed by atoms with Crippen molar-refractivity contribution in [1.29, 1.82) is 0 Å². The smallest absolute Gasteiger partial charge is 0.408 e. The average molecular weight is 438 g/mol. The van der Waals surface area contributed by atoms with Gasteiger partial charge in [-0.15, -0.1) is 0 Å². The molecule has 3 aromatic rings. The van der Waals surface area contributed by atoms with Gasteiger partial charge in [0.25, 0.3) is 0 Å². The van der Waals surface area contributed by atoms with Gasteiger partial charge in [-0.3, -0.25) is 0 Å². The minimum Gasteiger partial charge on any atom is -0.478 e. The molecule has 0 fully saturated rings. The summed E-state index contributed by atoms with van der Waals surface area (Å²) in [5.41, 5.74) is 0.753. The zero-order valence-electron chi connectivity index (χ0n) is 18.4. The van der Waals surface area contributed by atoms with Gasteiger partial charge in [0.1, 0.15) is 23.3 Å². The summed E-state index contributed by atoms with van der Waals surface area (Å²) in [7, 11) is 0. The number of alkyl carbamates (subject to hydrolysis) is 1. The van der Waals surface area contributed by atoms with Gasteiger partial charge < -0.3 is 24.3 Å². The number of aromatic nitrogens is 1. The summed E-state index contributed by atoms with van der Waals surface area (Å²) in [6.45, 7) is 6.61. The van der Waals surface area contributed by atoms with E-state index in [9.17, 15) is 14.7 Å². The first kappa shape index (κ1) is 22.9. The van der Waals surface area contributed by atoms with Crippen molar-refractivity contribution in [2.45, 2.75) is 45.9 Å². The lowest BCUT2D eigenvalue weighted by Crippen LogP contribution is -2.37. The van der Waals surface area contributed by atoms with Gasteiger partial charge in [0.15, 0.2) is 5.60 Å². The Bertz CT molecular complexity index is 1090. The number of hydrogen-bond donors (Lipinski definition) is 2. The number of rotatable bonds is 8. The van der Waals surface area contributed by atoms with E-state index in [4.69, 9.17) is 13.9 Å². The molecule has 8 heteroatoms. The van der Waals surface area contributed by atoms with Crippen LogP contribution in [0.15, 0.2) is 59.0 Å². The zero-order chi connectivity index (χ0) is 23.3. The summed E-state index contributed by atoms with van der Waals surface area (Å²) in [6.07, 6.45) is -1.22. The van der Waals surface area contributed by atoms with E-state index in [0.29, 0.717) is 23.1 Å². The van der Waals surface area contributed by atoms with E-state index in [2.05, 4.69) is 10.3 Å². The third kappa shape index (κ3) is 5.66. The molecule has 0 aliphatic rings. The van der Waals surface area contributed by atoms with Crippen molar-refractivity contribution >= 4 is 12.1 Å². The largest absolute Gasteiger partial charge is 0.478 e. The van der Waals surface area contributed by atoms with E-state index >= 15 is 0 Å². The summed E-state index contributed by atoms with van der Waals surface area (Å²) in [4.78, 5) is 28.0. The number of carbonyl (C=O) groups is 2. The zero-order valence-corrected chi connectivity index (χ0v) is 18.4. The maximum atomic E-state index is 12.3. The molecule has 0 saturated carbocycles. The predicted molar refractivity (Wildman–Crippen MR) is 117 cm³/mol. The monoisotopic (exact) mass is 438 g/mol. The number of hydrogen-bond acceptors (Lipinski definition) is 6. The fourth-order valence-corrected chi connectivity index (χ4v) is 2.98. The number of aliphatic carboxylic acids is 1. The first-order valence-corrected chi connectivity index (χ1v) is 10.1. The molecule has 1 unspecified atom stereocenters. The molecular formula is C24H26N2O6. The molecule has 1 heterocycles. The van der Waals surface area contributed by atoms with Gasteiger partial charge in [0.2, 0.25) is 5.89 Å². The third-order valence-electron chi connectivity index (χ3n) is 4.75. The van der Waals surface area contributed by atoms with Gasteiger partial charge >= 0.3 is 12.1 Å². The Hall–Kier alpha value is -3.81. The summed E-state index contributed by atoms with van der Waals surface area (Å²) >= 11 is 0. The van der Waals surface area contributed by atoms with E-state index in [1.807, 2.05) is 30.3 Å². The molecule has 0 bridgehead atoms. The van der Waals surface area contributed by atoms with Crippen LogP contribution in [0.4, 0.5) is 4.79 Å². The van der Waals surface area contributed by atoms with Crippen LogP contribution < -0.4 is 10.1 Å². The van der Waals surface area contributed by atoms with E-state index in [-0.39, 0.29) is 6.54 Å². The van der Waals surface area contributed by atoms with Gasteiger partial charge in [-0.2, -0.15) is 0 Å². The molecule has 0 saturated heterocycles. The minimum atomic E-state index is -1.37. The topological polar surface area (TPSA) is 111 Å². The molecule has 2 N–H and O–H groups in total. The van der Waals surface area contributed by atoms with Crippen molar-refractivity contribution in [1.82, 2.24) is 10.3 Å². The number of ether oxygens (including phenoxy) is 2. The number of carboxylic acids is 1. The number of nitrogens with one attached hydrogen (secondary N) is 1. The van der Waals surface area contributed by atoms with Crippen LogP contribution in [-0.4, -0.2) is 27.8 Å². The van der Waals surface area contributed by atoms with Gasteiger partial charge in [-0.25, -0.2) is 14.6 Å². The SMILES string of the molecule is Cc1oc(-c2ccccc2)nc1C(C)OC(=O)NCc1cccc(OC(C)(C)C(=O)O)c1. The number of amides is 1. The van der Waals surface area contributed by atoms with Crippen molar-refractivity contribution in [2.75, 3.05) is 0 Å². The number of carbonyl (C=O) groups excluding carboxylic acids is 1. The highest BCUT2D eigenvalue weighted by molar-refractivity contribution is 5.76. The summed E-state index contributed by atoms with van der Waals surface area (Å²) in [5.74, 6) is 0.368. The summed E-state index contributed by atoms with van der Waals surface area (Å²) in [5, 5.41) is 11.9. The maximum absolute atomic E-state index is 12.3. The molecule has 168 valence electrons. The third-order valence-corrected chi connectivity index (χ3v) is 4.75. The van der Waals surface area contributed by atoms with Gasteiger partial charge in [-0.05, 0) is 57.5 Å². The van der Waals surface area contributed by atoms with Crippen molar-refractivity contribution in [3.05, 3.63) is 71.6 Å². The molecule has 0 aliphatic heterocycles. The van der Waals surface area contributed by atoms with Crippen LogP contribution in [0.25, 0.3) is 11.5 Å². The fraction of sp³-hybridized carbons (Fsp3) is 0.292. The number of nitrogens with zero attached hydrogens (tertiary/aromatic N) is 1. The van der Waals surface area contributed by atoms with Crippen molar-refractivity contribution < 1.29 is 28.6 Å². The van der Waals surface area contributed by atoms with Gasteiger partial charge in [-0.1, -0.05) is 30.3 Å². The first-order chi connectivity index (χ1) is 15.2. The van der Waals surface area contributed by atoms with Crippen molar-refractivity contribution in [2.24, 2.45) is 0 Å². The van der Waals surface area contributed by atoms with Gasteiger partial charge in [0.05, 0.1) is 0 Å². The van der Waals surface area contributed by atoms with Crippen LogP contribution in [0.2, 0.25) is 0 Å². The fourth-order valence-electron chi connectivity index (χ4n) is 2.98. The number of aryl methyl sites for hydroxylation is 1. The standard InChI is InChI=1S/C24H26N2O6/c1-15-20(26-21(30-15)18-10-6-5-7-11-18)16(2)31-23(29)25-14-17-9-8-12-19(13-17)32-24(3,4)22(27)28/h5-13,16H,14H2,1-4H3,(H,25,29)(H,27,28). The Balaban J connectivity index is 1.58. The van der Waals surface area contributed by atoms with Crippen LogP contribution in [0, 0.1) is 6.92 Å². The van der Waals surface area contributed by atoms with Crippen LogP contribution in [0.5, 0.6) is 5.75 Å². The predicted octanol–water partition coefficient (Wildman–Crippen LogP) is 4.88. The van der Waals surface area contributed by atoms with E-state index < -0.39 is 23.8 Å². The molecule has 0 radical (unpaired) electrons. The molecule has 1 atom stereocenters. The molecular weight excluding hydrogens is 412 g/mol. The Labute approximate surface area is 186 Å². The van der Waals surface area contributed by atoms with Crippen molar-refractivity contribution in [3.63, 3.8) is 0 Å². The lowest BCUT2D eigenvalue weighted by atomic mass is 10.1. The average Bonchev–Trinajstić information content (AvgIpc) is 3.14. The van der Waals surface area contributed by atoms with Crippen LogP contribution in [0.1, 0.15) is 43.9 Å². The molecule has 3 rings (SSSR count). The maximum Gasteiger partial charge on any atom is 0.408 e. The summed E-state index contributed by atoms with van der Waals surface area (Å²) in [6, 6.07) is 16.3. The molecule has 2 aromatic carbocycles. The first-order valence-electron chi connectivity index (χ1n) is 10.1. The van der Waals surface area contributed by atoms with Crippen LogP contribution in [0.3, 0.4) is 0 Å². The quantitative estimate of drug-likeness (QED) is 0.516. The second-order valence-corrected chi connectivity index (χ2v) is 7.79. The van der Waals surface area contributed by atoms with Crippen LogP contribution >= 0.6 is 0 Å². The Morgan fingerprint density at radius 3 is 2.56 bits per heavy atom. The molecule has 8 nitrogen and oxygen atoms in total. The molecule has 0 aliphatic carbocycles. The minimum absolute atomic E-state index is 0.184. The van der Waals surface area contributed by atoms with Crippen molar-refractivity contribution in [3.8, 4) is 17.2 Å². The Kier molecular flexibility index (Phi) is 6.82. The van der Waals surface area contributed by atoms with E-state index in [1.54, 1.807) is 38.1 Å². The van der Waals surface area contributed by atoms with Gasteiger partial charge in [0, 0.05) is 12.1 Å². The summed E-state index contributed by atoms with van der Waals surface area (Å²) < 4.78 is 16.7. The Morgan fingerprint density at radius 2 is 1.88 bits per heavy atom. The highest BCUT2D eigenvalue weighted by Crippen LogP contribution is 2.27. The second-order valence-electron chi connectivity index (χ2n) is 7.79. The van der Waals surface area contributed by atoms with E-state index in [0.717, 1.165) is 11.1 Å². The normalized spacial score (nSPS) is 12.1. The molecule has 1 aromatic heterocycles. The number of oxazole rings is 1. The number of benzene rings is 2. The highest BCUT2D eigenvalue weighted by atomic mass is 16.6.